The van der Waals surface area contributed by atoms with E-state index >= 15 is 0 Å². The Morgan fingerprint density at radius 2 is 1.92 bits per heavy atom. The van der Waals surface area contributed by atoms with Gasteiger partial charge in [-0.1, -0.05) is 31.2 Å². The van der Waals surface area contributed by atoms with Gasteiger partial charge in [0.25, 0.3) is 0 Å². The summed E-state index contributed by atoms with van der Waals surface area (Å²) in [6, 6.07) is 19.5. The molecule has 129 valence electrons. The summed E-state index contributed by atoms with van der Waals surface area (Å²) in [5, 5.41) is 1.66. The third-order valence-corrected chi connectivity index (χ3v) is 4.76. The number of aromatic nitrogens is 1. The van der Waals surface area contributed by atoms with Crippen molar-refractivity contribution >= 4 is 27.7 Å². The van der Waals surface area contributed by atoms with Crippen LogP contribution in [0.5, 0.6) is 0 Å². The van der Waals surface area contributed by atoms with Crippen LogP contribution in [0.1, 0.15) is 28.4 Å². The molecular weight excluding hydrogens is 327 g/mol. The molecule has 0 saturated heterocycles. The van der Waals surface area contributed by atoms with Gasteiger partial charge < -0.3 is 10.3 Å². The Balaban J connectivity index is 2.05. The van der Waals surface area contributed by atoms with E-state index in [1.807, 2.05) is 24.3 Å². The summed E-state index contributed by atoms with van der Waals surface area (Å²) >= 11 is 0. The summed E-state index contributed by atoms with van der Waals surface area (Å²) in [5.74, 6) is -0.727. The number of halogens is 1. The number of rotatable bonds is 4. The summed E-state index contributed by atoms with van der Waals surface area (Å²) in [7, 11) is 0. The van der Waals surface area contributed by atoms with Crippen molar-refractivity contribution in [2.45, 2.75) is 19.9 Å². The molecule has 0 saturated carbocycles. The van der Waals surface area contributed by atoms with Gasteiger partial charge in [-0.2, -0.15) is 0 Å². The predicted octanol–water partition coefficient (Wildman–Crippen LogP) is 4.44. The fourth-order valence-electron chi connectivity index (χ4n) is 3.50. The van der Waals surface area contributed by atoms with Crippen LogP contribution >= 0.6 is 0 Å². The highest BCUT2D eigenvalue weighted by molar-refractivity contribution is 6.17. The number of amides is 1. The van der Waals surface area contributed by atoms with Gasteiger partial charge in [0.1, 0.15) is 5.82 Å². The Kier molecular flexibility index (Phi) is 3.96. The molecule has 4 rings (SSSR count). The van der Waals surface area contributed by atoms with Crippen molar-refractivity contribution in [1.82, 2.24) is 4.57 Å². The van der Waals surface area contributed by atoms with E-state index in [0.29, 0.717) is 12.1 Å². The predicted molar refractivity (Wildman–Crippen MR) is 102 cm³/mol. The summed E-state index contributed by atoms with van der Waals surface area (Å²) in [5.41, 5.74) is 9.95. The van der Waals surface area contributed by atoms with Crippen molar-refractivity contribution in [3.8, 4) is 0 Å². The van der Waals surface area contributed by atoms with E-state index in [9.17, 15) is 9.18 Å². The van der Waals surface area contributed by atoms with Crippen molar-refractivity contribution in [3.63, 3.8) is 0 Å². The molecule has 0 atom stereocenters. The summed E-state index contributed by atoms with van der Waals surface area (Å²) in [6.45, 7) is 2.59. The van der Waals surface area contributed by atoms with E-state index in [0.717, 1.165) is 39.4 Å². The van der Waals surface area contributed by atoms with E-state index in [1.165, 1.54) is 12.1 Å². The number of nitrogens with zero attached hydrogens (tertiary/aromatic N) is 1. The first-order valence-electron chi connectivity index (χ1n) is 8.58. The van der Waals surface area contributed by atoms with E-state index in [-0.39, 0.29) is 5.82 Å². The molecule has 26 heavy (non-hydrogen) atoms. The third-order valence-electron chi connectivity index (χ3n) is 4.76. The lowest BCUT2D eigenvalue weighted by atomic mass is 10.0. The summed E-state index contributed by atoms with van der Waals surface area (Å²) < 4.78 is 15.7. The number of aryl methyl sites for hydroxylation is 1. The maximum atomic E-state index is 13.6. The SMILES string of the molecule is CCc1c[c]c2c3c(C(N)=O)cccc3n(Cc3cccc(F)c3)c2c1. The van der Waals surface area contributed by atoms with Crippen molar-refractivity contribution in [2.24, 2.45) is 5.73 Å². The van der Waals surface area contributed by atoms with Gasteiger partial charge in [-0.25, -0.2) is 4.39 Å². The topological polar surface area (TPSA) is 48.0 Å². The van der Waals surface area contributed by atoms with Crippen LogP contribution in [-0.2, 0) is 13.0 Å². The Hall–Kier alpha value is -3.14. The molecule has 1 radical (unpaired) electrons. The first-order valence-corrected chi connectivity index (χ1v) is 8.58. The lowest BCUT2D eigenvalue weighted by Crippen LogP contribution is -2.11. The van der Waals surface area contributed by atoms with Crippen LogP contribution in [0.15, 0.2) is 54.6 Å². The normalized spacial score (nSPS) is 11.3. The molecule has 0 fully saturated rings. The van der Waals surface area contributed by atoms with Crippen LogP contribution in [0.3, 0.4) is 0 Å². The van der Waals surface area contributed by atoms with Crippen LogP contribution in [0.4, 0.5) is 4.39 Å². The lowest BCUT2D eigenvalue weighted by molar-refractivity contribution is 0.100. The molecule has 1 heterocycles. The van der Waals surface area contributed by atoms with Crippen molar-refractivity contribution in [1.29, 1.82) is 0 Å². The summed E-state index contributed by atoms with van der Waals surface area (Å²) in [6.07, 6.45) is 0.886. The van der Waals surface area contributed by atoms with Gasteiger partial charge in [-0.15, -0.1) is 0 Å². The molecule has 0 aliphatic rings. The molecule has 0 aliphatic heterocycles. The smallest absolute Gasteiger partial charge is 0.249 e. The molecule has 0 bridgehead atoms. The molecule has 0 aliphatic carbocycles. The zero-order valence-electron chi connectivity index (χ0n) is 14.4. The van der Waals surface area contributed by atoms with Gasteiger partial charge in [0.2, 0.25) is 5.91 Å². The number of primary amides is 1. The minimum absolute atomic E-state index is 0.262. The molecule has 0 unspecified atom stereocenters. The molecule has 4 aromatic rings. The van der Waals surface area contributed by atoms with Crippen molar-refractivity contribution in [3.05, 3.63) is 83.2 Å². The number of carbonyl (C=O) groups excluding carboxylic acids is 1. The highest BCUT2D eigenvalue weighted by Crippen LogP contribution is 2.32. The van der Waals surface area contributed by atoms with Crippen LogP contribution in [0.25, 0.3) is 21.8 Å². The Labute approximate surface area is 150 Å². The quantitative estimate of drug-likeness (QED) is 0.584. The van der Waals surface area contributed by atoms with Gasteiger partial charge in [0.05, 0.1) is 11.0 Å². The number of hydrogen-bond acceptors (Lipinski definition) is 1. The zero-order valence-corrected chi connectivity index (χ0v) is 14.4. The molecule has 0 spiro atoms. The second-order valence-corrected chi connectivity index (χ2v) is 6.40. The average molecular weight is 345 g/mol. The fourth-order valence-corrected chi connectivity index (χ4v) is 3.50. The number of fused-ring (bicyclic) bond motifs is 3. The highest BCUT2D eigenvalue weighted by atomic mass is 19.1. The second kappa shape index (κ2) is 6.30. The standard InChI is InChI=1S/C22H18FN2O/c1-2-14-9-10-17-20(12-14)25(13-15-5-3-6-16(23)11-15)19-8-4-7-18(21(17)19)22(24)26/h3-9,11-12H,2,13H2,1H3,(H2,24,26). The van der Waals surface area contributed by atoms with Crippen LogP contribution < -0.4 is 5.73 Å². The van der Waals surface area contributed by atoms with E-state index < -0.39 is 5.91 Å². The van der Waals surface area contributed by atoms with Crippen LogP contribution in [-0.4, -0.2) is 10.5 Å². The fraction of sp³-hybridized carbons (Fsp3) is 0.136. The Bertz CT molecular complexity index is 1140. The third kappa shape index (κ3) is 2.64. The number of benzene rings is 3. The first-order chi connectivity index (χ1) is 12.6. The Morgan fingerprint density at radius 1 is 1.12 bits per heavy atom. The van der Waals surface area contributed by atoms with E-state index in [1.54, 1.807) is 12.1 Å². The van der Waals surface area contributed by atoms with Gasteiger partial charge in [-0.3, -0.25) is 4.79 Å². The lowest BCUT2D eigenvalue weighted by Gasteiger charge is -2.09. The van der Waals surface area contributed by atoms with Gasteiger partial charge in [0.15, 0.2) is 0 Å². The van der Waals surface area contributed by atoms with Crippen molar-refractivity contribution < 1.29 is 9.18 Å². The monoisotopic (exact) mass is 345 g/mol. The second-order valence-electron chi connectivity index (χ2n) is 6.40. The maximum Gasteiger partial charge on any atom is 0.249 e. The maximum absolute atomic E-state index is 13.6. The van der Waals surface area contributed by atoms with Gasteiger partial charge in [0, 0.05) is 22.9 Å². The molecule has 3 aromatic carbocycles. The largest absolute Gasteiger partial charge is 0.366 e. The van der Waals surface area contributed by atoms with E-state index in [4.69, 9.17) is 5.73 Å². The minimum atomic E-state index is -0.464. The first kappa shape index (κ1) is 16.3. The molecule has 2 N–H and O–H groups in total. The number of carbonyl (C=O) groups is 1. The molecule has 1 aromatic heterocycles. The molecular formula is C22H18FN2O. The van der Waals surface area contributed by atoms with Crippen LogP contribution in [0.2, 0.25) is 0 Å². The van der Waals surface area contributed by atoms with Crippen LogP contribution in [0, 0.1) is 11.9 Å². The minimum Gasteiger partial charge on any atom is -0.366 e. The number of nitrogens with two attached hydrogens (primary N) is 1. The molecule has 1 amide bonds. The van der Waals surface area contributed by atoms with Crippen molar-refractivity contribution in [2.75, 3.05) is 0 Å². The van der Waals surface area contributed by atoms with E-state index in [2.05, 4.69) is 23.6 Å². The summed E-state index contributed by atoms with van der Waals surface area (Å²) in [4.78, 5) is 11.9. The molecule has 4 heteroatoms. The van der Waals surface area contributed by atoms with Gasteiger partial charge in [-0.05, 0) is 53.9 Å². The number of hydrogen-bond donors (Lipinski definition) is 1. The highest BCUT2D eigenvalue weighted by Gasteiger charge is 2.17. The Morgan fingerprint density at radius 3 is 2.65 bits per heavy atom. The average Bonchev–Trinajstić information content (AvgIpc) is 2.95. The van der Waals surface area contributed by atoms with Gasteiger partial charge >= 0.3 is 0 Å². The molecule has 3 nitrogen and oxygen atoms in total. The zero-order chi connectivity index (χ0) is 18.3.